The molecule has 0 saturated carbocycles. The molecule has 0 saturated heterocycles. The SMILES string of the molecule is CCS(=O)(=O)Oc1cccc(CN(Cc2ccc(F)cc2)C(=O)CC(C)C)c1. The highest BCUT2D eigenvalue weighted by Crippen LogP contribution is 2.19. The van der Waals surface area contributed by atoms with Crippen LogP contribution < -0.4 is 4.18 Å². The molecule has 2 aromatic carbocycles. The second kappa shape index (κ2) is 9.68. The number of carbonyl (C=O) groups excluding carboxylic acids is 1. The summed E-state index contributed by atoms with van der Waals surface area (Å²) in [6.07, 6.45) is 0.390. The summed E-state index contributed by atoms with van der Waals surface area (Å²) in [5, 5.41) is 0. The minimum Gasteiger partial charge on any atom is -0.382 e. The highest BCUT2D eigenvalue weighted by atomic mass is 32.2. The van der Waals surface area contributed by atoms with Crippen molar-refractivity contribution in [3.8, 4) is 5.75 Å². The third-order valence-corrected chi connectivity index (χ3v) is 5.22. The van der Waals surface area contributed by atoms with Crippen LogP contribution in [0.3, 0.4) is 0 Å². The molecule has 2 rings (SSSR count). The molecule has 152 valence electrons. The van der Waals surface area contributed by atoms with E-state index in [9.17, 15) is 17.6 Å². The lowest BCUT2D eigenvalue weighted by Gasteiger charge is -2.24. The minimum absolute atomic E-state index is 0.0215. The molecule has 0 N–H and O–H groups in total. The molecule has 0 spiro atoms. The summed E-state index contributed by atoms with van der Waals surface area (Å²) in [5.41, 5.74) is 1.57. The van der Waals surface area contributed by atoms with Crippen LogP contribution in [0.2, 0.25) is 0 Å². The molecular formula is C21H26FNO4S. The van der Waals surface area contributed by atoms with Crippen molar-refractivity contribution in [3.05, 3.63) is 65.5 Å². The number of benzene rings is 2. The molecule has 0 atom stereocenters. The van der Waals surface area contributed by atoms with Crippen LogP contribution in [0.4, 0.5) is 4.39 Å². The Morgan fingerprint density at radius 2 is 1.71 bits per heavy atom. The van der Waals surface area contributed by atoms with Gasteiger partial charge in [0.05, 0.1) is 5.75 Å². The van der Waals surface area contributed by atoms with E-state index in [2.05, 4.69) is 0 Å². The average Bonchev–Trinajstić information content (AvgIpc) is 2.62. The van der Waals surface area contributed by atoms with Crippen LogP contribution in [0.5, 0.6) is 5.75 Å². The monoisotopic (exact) mass is 407 g/mol. The van der Waals surface area contributed by atoms with Crippen LogP contribution in [0.25, 0.3) is 0 Å². The molecule has 5 nitrogen and oxygen atoms in total. The van der Waals surface area contributed by atoms with E-state index in [-0.39, 0.29) is 29.1 Å². The maximum Gasteiger partial charge on any atom is 0.308 e. The molecule has 7 heteroatoms. The molecule has 2 aromatic rings. The lowest BCUT2D eigenvalue weighted by atomic mass is 10.1. The van der Waals surface area contributed by atoms with Gasteiger partial charge in [0.1, 0.15) is 11.6 Å². The van der Waals surface area contributed by atoms with Gasteiger partial charge in [-0.25, -0.2) is 4.39 Å². The summed E-state index contributed by atoms with van der Waals surface area (Å²) < 4.78 is 41.6. The zero-order valence-corrected chi connectivity index (χ0v) is 17.2. The Bertz CT molecular complexity index is 895. The third-order valence-electron chi connectivity index (χ3n) is 4.07. The van der Waals surface area contributed by atoms with Crippen molar-refractivity contribution in [2.24, 2.45) is 5.92 Å². The number of nitrogens with zero attached hydrogens (tertiary/aromatic N) is 1. The Balaban J connectivity index is 2.21. The molecule has 0 aliphatic heterocycles. The van der Waals surface area contributed by atoms with Crippen molar-refractivity contribution < 1.29 is 21.8 Å². The van der Waals surface area contributed by atoms with Crippen molar-refractivity contribution >= 4 is 16.0 Å². The Hall–Kier alpha value is -2.41. The Labute approximate surface area is 166 Å². The molecule has 0 radical (unpaired) electrons. The summed E-state index contributed by atoms with van der Waals surface area (Å²) >= 11 is 0. The van der Waals surface area contributed by atoms with E-state index < -0.39 is 10.1 Å². The first-order chi connectivity index (χ1) is 13.2. The minimum atomic E-state index is -3.62. The molecule has 0 heterocycles. The first-order valence-electron chi connectivity index (χ1n) is 9.22. The summed E-state index contributed by atoms with van der Waals surface area (Å²) in [4.78, 5) is 14.4. The molecular weight excluding hydrogens is 381 g/mol. The fraction of sp³-hybridized carbons (Fsp3) is 0.381. The van der Waals surface area contributed by atoms with Crippen molar-refractivity contribution in [2.75, 3.05) is 5.75 Å². The predicted octanol–water partition coefficient (Wildman–Crippen LogP) is 4.13. The van der Waals surface area contributed by atoms with Crippen LogP contribution in [0.15, 0.2) is 48.5 Å². The number of hydrogen-bond acceptors (Lipinski definition) is 4. The molecule has 0 bridgehead atoms. The third kappa shape index (κ3) is 6.96. The molecule has 0 unspecified atom stereocenters. The van der Waals surface area contributed by atoms with E-state index in [4.69, 9.17) is 4.18 Å². The van der Waals surface area contributed by atoms with Crippen LogP contribution >= 0.6 is 0 Å². The van der Waals surface area contributed by atoms with Crippen molar-refractivity contribution in [2.45, 2.75) is 40.3 Å². The molecule has 28 heavy (non-hydrogen) atoms. The predicted molar refractivity (Wildman–Crippen MR) is 107 cm³/mol. The van der Waals surface area contributed by atoms with Gasteiger partial charge in [-0.3, -0.25) is 4.79 Å². The highest BCUT2D eigenvalue weighted by molar-refractivity contribution is 7.87. The number of hydrogen-bond donors (Lipinski definition) is 0. The van der Waals surface area contributed by atoms with Crippen molar-refractivity contribution in [3.63, 3.8) is 0 Å². The quantitative estimate of drug-likeness (QED) is 0.587. The fourth-order valence-electron chi connectivity index (χ4n) is 2.64. The van der Waals surface area contributed by atoms with Crippen LogP contribution in [0, 0.1) is 11.7 Å². The molecule has 1 amide bonds. The van der Waals surface area contributed by atoms with Crippen molar-refractivity contribution in [1.82, 2.24) is 4.90 Å². The second-order valence-electron chi connectivity index (χ2n) is 7.05. The Kier molecular flexibility index (Phi) is 7.57. The van der Waals surface area contributed by atoms with Gasteiger partial charge in [0.15, 0.2) is 0 Å². The van der Waals surface area contributed by atoms with Gasteiger partial charge in [0.2, 0.25) is 5.91 Å². The van der Waals surface area contributed by atoms with Gasteiger partial charge in [-0.15, -0.1) is 0 Å². The molecule has 0 fully saturated rings. The maximum absolute atomic E-state index is 13.2. The molecule has 0 aliphatic carbocycles. The number of amides is 1. The lowest BCUT2D eigenvalue weighted by molar-refractivity contribution is -0.133. The van der Waals surface area contributed by atoms with E-state index >= 15 is 0 Å². The Morgan fingerprint density at radius 3 is 2.32 bits per heavy atom. The van der Waals surface area contributed by atoms with E-state index in [1.54, 1.807) is 35.2 Å². The zero-order valence-electron chi connectivity index (χ0n) is 16.4. The summed E-state index contributed by atoms with van der Waals surface area (Å²) in [7, 11) is -3.62. The summed E-state index contributed by atoms with van der Waals surface area (Å²) in [5.74, 6) is -0.0524. The Morgan fingerprint density at radius 1 is 1.07 bits per heavy atom. The van der Waals surface area contributed by atoms with Gasteiger partial charge in [-0.05, 0) is 48.2 Å². The van der Waals surface area contributed by atoms with E-state index in [0.29, 0.717) is 19.5 Å². The van der Waals surface area contributed by atoms with Crippen molar-refractivity contribution in [1.29, 1.82) is 0 Å². The number of rotatable bonds is 9. The second-order valence-corrected chi connectivity index (χ2v) is 8.91. The lowest BCUT2D eigenvalue weighted by Crippen LogP contribution is -2.31. The largest absolute Gasteiger partial charge is 0.382 e. The summed E-state index contributed by atoms with van der Waals surface area (Å²) in [6, 6.07) is 12.7. The first kappa shape index (κ1) is 21.9. The standard InChI is InChI=1S/C21H26FNO4S/c1-4-28(25,26)27-20-7-5-6-18(13-20)15-23(21(24)12-16(2)3)14-17-8-10-19(22)11-9-17/h5-11,13,16H,4,12,14-15H2,1-3H3. The highest BCUT2D eigenvalue weighted by Gasteiger charge is 2.17. The van der Waals surface area contributed by atoms with Crippen LogP contribution in [-0.2, 0) is 28.0 Å². The van der Waals surface area contributed by atoms with E-state index in [0.717, 1.165) is 11.1 Å². The average molecular weight is 408 g/mol. The number of halogens is 1. The smallest absolute Gasteiger partial charge is 0.308 e. The van der Waals surface area contributed by atoms with Crippen LogP contribution in [-0.4, -0.2) is 25.0 Å². The zero-order chi connectivity index (χ0) is 20.7. The molecule has 0 aliphatic rings. The number of carbonyl (C=O) groups is 1. The van der Waals surface area contributed by atoms with Gasteiger partial charge < -0.3 is 9.08 Å². The summed E-state index contributed by atoms with van der Waals surface area (Å²) in [6.45, 7) is 6.08. The van der Waals surface area contributed by atoms with Gasteiger partial charge in [-0.1, -0.05) is 38.1 Å². The van der Waals surface area contributed by atoms with E-state index in [1.807, 2.05) is 19.9 Å². The first-order valence-corrected chi connectivity index (χ1v) is 10.8. The normalized spacial score (nSPS) is 11.5. The van der Waals surface area contributed by atoms with Gasteiger partial charge >= 0.3 is 10.1 Å². The fourth-order valence-corrected chi connectivity index (χ4v) is 3.16. The topological polar surface area (TPSA) is 63.7 Å². The van der Waals surface area contributed by atoms with Crippen LogP contribution in [0.1, 0.15) is 38.3 Å². The maximum atomic E-state index is 13.2. The molecule has 0 aromatic heterocycles. The van der Waals surface area contributed by atoms with Gasteiger partial charge in [0, 0.05) is 19.5 Å². The van der Waals surface area contributed by atoms with Gasteiger partial charge in [0.25, 0.3) is 0 Å². The van der Waals surface area contributed by atoms with Gasteiger partial charge in [-0.2, -0.15) is 8.42 Å². The van der Waals surface area contributed by atoms with E-state index in [1.165, 1.54) is 19.1 Å².